The van der Waals surface area contributed by atoms with Gasteiger partial charge in [-0.3, -0.25) is 4.79 Å². The molecular weight excluding hydrogens is 682 g/mol. The SMILES string of the molecule is O=C(N[C@@H]1CCC[C@H](Nc2nc(-c3nn(C(c4ccccc4)(c4ccccc4)c4ccccc4)c4ncc(F)cc34)c(F)cc2F)C1)c1ccsc1. The van der Waals surface area contributed by atoms with Crippen LogP contribution in [0, 0.1) is 17.5 Å². The zero-order valence-electron chi connectivity index (χ0n) is 27.8. The molecule has 4 heterocycles. The second-order valence-electron chi connectivity index (χ2n) is 12.9. The number of hydrogen-bond acceptors (Lipinski definition) is 6. The van der Waals surface area contributed by atoms with E-state index >= 15 is 13.2 Å². The molecule has 2 N–H and O–H groups in total. The maximum absolute atomic E-state index is 16.0. The van der Waals surface area contributed by atoms with E-state index in [1.165, 1.54) is 17.4 Å². The van der Waals surface area contributed by atoms with E-state index in [4.69, 9.17) is 5.10 Å². The Bertz CT molecular complexity index is 2240. The highest BCUT2D eigenvalue weighted by Crippen LogP contribution is 2.44. The quantitative estimate of drug-likeness (QED) is 0.146. The van der Waals surface area contributed by atoms with Crippen molar-refractivity contribution in [2.75, 3.05) is 5.32 Å². The Morgan fingerprint density at radius 3 is 2.04 bits per heavy atom. The van der Waals surface area contributed by atoms with Crippen LogP contribution in [0.25, 0.3) is 22.4 Å². The van der Waals surface area contributed by atoms with Crippen LogP contribution in [0.3, 0.4) is 0 Å². The summed E-state index contributed by atoms with van der Waals surface area (Å²) in [6.07, 6.45) is 3.92. The largest absolute Gasteiger partial charge is 0.365 e. The molecule has 260 valence electrons. The predicted molar refractivity (Wildman–Crippen MR) is 197 cm³/mol. The minimum Gasteiger partial charge on any atom is -0.365 e. The minimum atomic E-state index is -1.15. The Kier molecular flexibility index (Phi) is 9.02. The first-order valence-corrected chi connectivity index (χ1v) is 18.0. The topological polar surface area (TPSA) is 84.7 Å². The van der Waals surface area contributed by atoms with E-state index in [1.807, 2.05) is 96.4 Å². The number of carbonyl (C=O) groups is 1. The number of halogens is 3. The lowest BCUT2D eigenvalue weighted by atomic mass is 9.77. The van der Waals surface area contributed by atoms with E-state index in [0.717, 1.165) is 41.8 Å². The molecule has 3 aromatic carbocycles. The number of nitrogens with zero attached hydrogens (tertiary/aromatic N) is 4. The molecule has 52 heavy (non-hydrogen) atoms. The van der Waals surface area contributed by atoms with Gasteiger partial charge < -0.3 is 10.6 Å². The zero-order valence-corrected chi connectivity index (χ0v) is 28.7. The molecule has 1 fully saturated rings. The van der Waals surface area contributed by atoms with Gasteiger partial charge in [0.15, 0.2) is 23.1 Å². The normalized spacial score (nSPS) is 16.1. The Labute approximate surface area is 302 Å². The summed E-state index contributed by atoms with van der Waals surface area (Å²) in [6.45, 7) is 0. The fourth-order valence-corrected chi connectivity index (χ4v) is 7.97. The van der Waals surface area contributed by atoms with Crippen LogP contribution in [0.5, 0.6) is 0 Å². The van der Waals surface area contributed by atoms with Gasteiger partial charge in [0.1, 0.15) is 22.7 Å². The van der Waals surface area contributed by atoms with Crippen LogP contribution in [0.15, 0.2) is 126 Å². The lowest BCUT2D eigenvalue weighted by Crippen LogP contribution is -2.41. The van der Waals surface area contributed by atoms with Gasteiger partial charge >= 0.3 is 0 Å². The van der Waals surface area contributed by atoms with Crippen LogP contribution in [0.2, 0.25) is 0 Å². The Morgan fingerprint density at radius 2 is 1.42 bits per heavy atom. The van der Waals surface area contributed by atoms with Gasteiger partial charge in [0.2, 0.25) is 0 Å². The summed E-state index contributed by atoms with van der Waals surface area (Å²) in [6, 6.07) is 32.7. The van der Waals surface area contributed by atoms with Crippen molar-refractivity contribution in [2.24, 2.45) is 0 Å². The number of nitrogens with one attached hydrogen (secondary N) is 2. The number of fused-ring (bicyclic) bond motifs is 1. The highest BCUT2D eigenvalue weighted by molar-refractivity contribution is 7.08. The Morgan fingerprint density at radius 1 is 0.788 bits per heavy atom. The first-order valence-electron chi connectivity index (χ1n) is 17.1. The van der Waals surface area contributed by atoms with Crippen LogP contribution in [0.4, 0.5) is 19.0 Å². The maximum atomic E-state index is 16.0. The van der Waals surface area contributed by atoms with E-state index in [9.17, 15) is 4.79 Å². The average Bonchev–Trinajstić information content (AvgIpc) is 3.84. The highest BCUT2D eigenvalue weighted by atomic mass is 32.1. The predicted octanol–water partition coefficient (Wildman–Crippen LogP) is 8.97. The molecule has 4 aromatic heterocycles. The fraction of sp³-hybridized carbons (Fsp3) is 0.171. The number of anilines is 1. The van der Waals surface area contributed by atoms with Crippen molar-refractivity contribution < 1.29 is 18.0 Å². The highest BCUT2D eigenvalue weighted by Gasteiger charge is 2.42. The van der Waals surface area contributed by atoms with E-state index in [-0.39, 0.29) is 46.2 Å². The molecule has 0 spiro atoms. The third-order valence-electron chi connectivity index (χ3n) is 9.67. The third kappa shape index (κ3) is 6.11. The van der Waals surface area contributed by atoms with Gasteiger partial charge in [0.05, 0.1) is 11.6 Å². The van der Waals surface area contributed by atoms with Crippen LogP contribution in [-0.4, -0.2) is 37.7 Å². The van der Waals surface area contributed by atoms with Gasteiger partial charge in [-0.05, 0) is 59.9 Å². The summed E-state index contributed by atoms with van der Waals surface area (Å²) in [7, 11) is 0. The molecule has 8 rings (SSSR count). The first kappa shape index (κ1) is 33.3. The third-order valence-corrected chi connectivity index (χ3v) is 10.4. The summed E-state index contributed by atoms with van der Waals surface area (Å²) < 4.78 is 48.2. The number of rotatable bonds is 9. The Balaban J connectivity index is 1.25. The smallest absolute Gasteiger partial charge is 0.252 e. The lowest BCUT2D eigenvalue weighted by Gasteiger charge is -2.36. The van der Waals surface area contributed by atoms with E-state index in [0.29, 0.717) is 18.4 Å². The molecular formula is C41H33F3N6OS. The standard InChI is InChI=1S/C41H33F3N6OS/c42-30-21-33-36(37-34(43)23-35(44)38(48-37)46-31-17-10-18-32(22-31)47-40(51)26-19-20-52-25-26)49-50(39(33)45-24-30)41(27-11-4-1-5-12-27,28-13-6-2-7-14-28)29-15-8-3-9-16-29/h1-9,11-16,19-21,23-25,31-32H,10,17-18,22H2,(H,46,48)(H,47,51)/t31-,32+/m0/s1. The molecule has 11 heteroatoms. The number of carbonyl (C=O) groups excluding carboxylic acids is 1. The van der Waals surface area contributed by atoms with E-state index < -0.39 is 23.0 Å². The molecule has 0 radical (unpaired) electrons. The van der Waals surface area contributed by atoms with Crippen molar-refractivity contribution >= 4 is 34.1 Å². The van der Waals surface area contributed by atoms with Crippen molar-refractivity contribution in [2.45, 2.75) is 43.3 Å². The summed E-state index contributed by atoms with van der Waals surface area (Å²) in [4.78, 5) is 21.7. The zero-order chi connectivity index (χ0) is 35.7. The van der Waals surface area contributed by atoms with Gasteiger partial charge in [0, 0.05) is 29.1 Å². The number of hydrogen-bond donors (Lipinski definition) is 2. The van der Waals surface area contributed by atoms with Crippen molar-refractivity contribution in [3.05, 3.63) is 166 Å². The van der Waals surface area contributed by atoms with Crippen LogP contribution < -0.4 is 10.6 Å². The summed E-state index contributed by atoms with van der Waals surface area (Å²) in [5, 5.41) is 15.1. The second kappa shape index (κ2) is 14.1. The van der Waals surface area contributed by atoms with Gasteiger partial charge in [-0.1, -0.05) is 91.0 Å². The molecule has 1 aliphatic rings. The molecule has 1 amide bonds. The summed E-state index contributed by atoms with van der Waals surface area (Å²) in [5.41, 5.74) is 2.01. The Hall–Kier alpha value is -5.81. The molecule has 7 aromatic rings. The molecule has 0 bridgehead atoms. The van der Waals surface area contributed by atoms with E-state index in [1.54, 1.807) is 16.1 Å². The first-order chi connectivity index (χ1) is 25.4. The molecule has 1 saturated carbocycles. The summed E-state index contributed by atoms with van der Waals surface area (Å²) >= 11 is 1.45. The number of thiophene rings is 1. The average molecular weight is 715 g/mol. The monoisotopic (exact) mass is 714 g/mol. The van der Waals surface area contributed by atoms with Crippen LogP contribution in [-0.2, 0) is 5.54 Å². The number of pyridine rings is 2. The van der Waals surface area contributed by atoms with Crippen molar-refractivity contribution in [1.82, 2.24) is 25.1 Å². The number of amides is 1. The maximum Gasteiger partial charge on any atom is 0.252 e. The number of benzene rings is 3. The minimum absolute atomic E-state index is 0.0132. The van der Waals surface area contributed by atoms with Crippen molar-refractivity contribution in [3.63, 3.8) is 0 Å². The van der Waals surface area contributed by atoms with Crippen LogP contribution >= 0.6 is 11.3 Å². The molecule has 0 saturated heterocycles. The molecule has 0 aliphatic heterocycles. The lowest BCUT2D eigenvalue weighted by molar-refractivity contribution is 0.0927. The van der Waals surface area contributed by atoms with Gasteiger partial charge in [-0.15, -0.1) is 0 Å². The van der Waals surface area contributed by atoms with Gasteiger partial charge in [0.25, 0.3) is 5.91 Å². The van der Waals surface area contributed by atoms with Crippen molar-refractivity contribution in [1.29, 1.82) is 0 Å². The summed E-state index contributed by atoms with van der Waals surface area (Å²) in [5.74, 6) is -2.77. The molecule has 7 nitrogen and oxygen atoms in total. The second-order valence-corrected chi connectivity index (χ2v) is 13.7. The molecule has 0 unspecified atom stereocenters. The molecule has 2 atom stereocenters. The van der Waals surface area contributed by atoms with E-state index in [2.05, 4.69) is 20.6 Å². The van der Waals surface area contributed by atoms with Gasteiger partial charge in [-0.2, -0.15) is 16.4 Å². The fourth-order valence-electron chi connectivity index (χ4n) is 7.33. The number of aromatic nitrogens is 4. The van der Waals surface area contributed by atoms with Gasteiger partial charge in [-0.25, -0.2) is 27.8 Å². The van der Waals surface area contributed by atoms with Crippen LogP contribution in [0.1, 0.15) is 52.7 Å². The van der Waals surface area contributed by atoms with Crippen molar-refractivity contribution in [3.8, 4) is 11.4 Å². The molecule has 1 aliphatic carbocycles.